The average Bonchev–Trinajstić information content (AvgIpc) is 2.38. The molecule has 19 heavy (non-hydrogen) atoms. The first-order valence-electron chi connectivity index (χ1n) is 6.35. The number of hydrogen-bond donors (Lipinski definition) is 0. The van der Waals surface area contributed by atoms with Crippen LogP contribution < -0.4 is 4.73 Å². The molecule has 2 nitrogen and oxygen atoms in total. The summed E-state index contributed by atoms with van der Waals surface area (Å²) in [5.41, 5.74) is 4.72. The zero-order valence-electron chi connectivity index (χ0n) is 11.1. The third kappa shape index (κ3) is 2.06. The van der Waals surface area contributed by atoms with Gasteiger partial charge in [0.1, 0.15) is 0 Å². The van der Waals surface area contributed by atoms with E-state index in [4.69, 9.17) is 0 Å². The van der Waals surface area contributed by atoms with E-state index in [0.717, 1.165) is 15.7 Å². The van der Waals surface area contributed by atoms with Crippen LogP contribution in [0.15, 0.2) is 54.6 Å². The first-order chi connectivity index (χ1) is 9.15. The summed E-state index contributed by atoms with van der Waals surface area (Å²) in [5.74, 6) is 0. The van der Waals surface area contributed by atoms with Crippen molar-refractivity contribution in [2.24, 2.45) is 0 Å². The molecule has 0 fully saturated rings. The van der Waals surface area contributed by atoms with E-state index in [-0.39, 0.29) is 0 Å². The Morgan fingerprint density at radius 3 is 2.26 bits per heavy atom. The van der Waals surface area contributed by atoms with Crippen molar-refractivity contribution in [2.75, 3.05) is 0 Å². The number of nitrogens with zero attached hydrogens (tertiary/aromatic N) is 1. The minimum Gasteiger partial charge on any atom is -0.618 e. The average molecular weight is 249 g/mol. The molecule has 0 aliphatic heterocycles. The molecule has 0 aliphatic rings. The fraction of sp³-hybridized carbons (Fsp3) is 0.118. The maximum Gasteiger partial charge on any atom is 0.224 e. The molecule has 2 aromatic carbocycles. The summed E-state index contributed by atoms with van der Waals surface area (Å²) < 4.78 is 1.02. The lowest BCUT2D eigenvalue weighted by Crippen LogP contribution is -2.30. The van der Waals surface area contributed by atoms with Gasteiger partial charge in [-0.15, -0.1) is 0 Å². The van der Waals surface area contributed by atoms with Crippen LogP contribution in [0.3, 0.4) is 0 Å². The van der Waals surface area contributed by atoms with Crippen LogP contribution in [0.25, 0.3) is 22.2 Å². The number of rotatable bonds is 1. The lowest BCUT2D eigenvalue weighted by Gasteiger charge is -2.09. The van der Waals surface area contributed by atoms with Crippen molar-refractivity contribution in [3.8, 4) is 11.3 Å². The quantitative estimate of drug-likeness (QED) is 0.476. The van der Waals surface area contributed by atoms with Gasteiger partial charge in [0.2, 0.25) is 11.2 Å². The minimum atomic E-state index is 0.700. The number of aryl methyl sites for hydroxylation is 2. The lowest BCUT2D eigenvalue weighted by atomic mass is 10.0. The Bertz CT molecular complexity index is 742. The van der Waals surface area contributed by atoms with E-state index >= 15 is 0 Å². The van der Waals surface area contributed by atoms with E-state index in [1.807, 2.05) is 62.4 Å². The molecule has 0 N–H and O–H groups in total. The van der Waals surface area contributed by atoms with Crippen LogP contribution in [0.4, 0.5) is 0 Å². The molecule has 2 heteroatoms. The molecular formula is C17H15NO. The van der Waals surface area contributed by atoms with Gasteiger partial charge < -0.3 is 5.21 Å². The third-order valence-electron chi connectivity index (χ3n) is 3.31. The maximum atomic E-state index is 12.5. The number of hydrogen-bond acceptors (Lipinski definition) is 1. The summed E-state index contributed by atoms with van der Waals surface area (Å²) in [7, 11) is 0. The fourth-order valence-electron chi connectivity index (χ4n) is 2.52. The molecule has 0 unspecified atom stereocenters. The highest BCUT2D eigenvalue weighted by atomic mass is 16.5. The molecule has 3 rings (SSSR count). The van der Waals surface area contributed by atoms with Crippen LogP contribution >= 0.6 is 0 Å². The SMILES string of the molecule is Cc1cc(C)cc(-c2ccc3ccccc3[n+]2[O-])c1. The van der Waals surface area contributed by atoms with Crippen molar-refractivity contribution in [2.45, 2.75) is 13.8 Å². The van der Waals surface area contributed by atoms with Crippen molar-refractivity contribution in [1.29, 1.82) is 0 Å². The van der Waals surface area contributed by atoms with Crippen molar-refractivity contribution in [3.63, 3.8) is 0 Å². The van der Waals surface area contributed by atoms with Gasteiger partial charge in [-0.25, -0.2) is 0 Å². The van der Waals surface area contributed by atoms with Crippen LogP contribution in [0.2, 0.25) is 0 Å². The number of para-hydroxylation sites is 1. The molecule has 3 aromatic rings. The van der Waals surface area contributed by atoms with Gasteiger partial charge in [-0.1, -0.05) is 29.3 Å². The number of aromatic nitrogens is 1. The molecule has 0 amide bonds. The Labute approximate surface area is 112 Å². The van der Waals surface area contributed by atoms with Gasteiger partial charge in [0.05, 0.1) is 0 Å². The van der Waals surface area contributed by atoms with Crippen LogP contribution in [0, 0.1) is 19.1 Å². The Hall–Kier alpha value is -2.35. The van der Waals surface area contributed by atoms with Crippen LogP contribution in [0.1, 0.15) is 11.1 Å². The molecule has 1 heterocycles. The van der Waals surface area contributed by atoms with Gasteiger partial charge in [-0.2, -0.15) is 4.73 Å². The Balaban J connectivity index is 2.28. The summed E-state index contributed by atoms with van der Waals surface area (Å²) in [6.07, 6.45) is 0. The zero-order chi connectivity index (χ0) is 13.4. The highest BCUT2D eigenvalue weighted by Crippen LogP contribution is 2.21. The maximum absolute atomic E-state index is 12.5. The van der Waals surface area contributed by atoms with E-state index in [1.54, 1.807) is 0 Å². The highest BCUT2D eigenvalue weighted by molar-refractivity contribution is 5.77. The molecule has 94 valence electrons. The van der Waals surface area contributed by atoms with E-state index < -0.39 is 0 Å². The van der Waals surface area contributed by atoms with Crippen molar-refractivity contribution in [3.05, 3.63) is 70.9 Å². The summed E-state index contributed by atoms with van der Waals surface area (Å²) in [6, 6.07) is 17.7. The van der Waals surface area contributed by atoms with Crippen molar-refractivity contribution >= 4 is 10.9 Å². The van der Waals surface area contributed by atoms with E-state index in [9.17, 15) is 5.21 Å². The smallest absolute Gasteiger partial charge is 0.224 e. The second kappa shape index (κ2) is 4.39. The predicted octanol–water partition coefficient (Wildman–Crippen LogP) is 3.76. The minimum absolute atomic E-state index is 0.700. The Kier molecular flexibility index (Phi) is 2.71. The Morgan fingerprint density at radius 2 is 1.53 bits per heavy atom. The van der Waals surface area contributed by atoms with Crippen molar-refractivity contribution in [1.82, 2.24) is 0 Å². The molecule has 0 spiro atoms. The first kappa shape index (κ1) is 11.7. The lowest BCUT2D eigenvalue weighted by molar-refractivity contribution is -0.565. The molecule has 0 bridgehead atoms. The Morgan fingerprint density at radius 1 is 0.842 bits per heavy atom. The van der Waals surface area contributed by atoms with Gasteiger partial charge in [0.15, 0.2) is 0 Å². The first-order valence-corrected chi connectivity index (χ1v) is 6.35. The fourth-order valence-corrected chi connectivity index (χ4v) is 2.52. The van der Waals surface area contributed by atoms with Gasteiger partial charge in [0.25, 0.3) is 0 Å². The summed E-state index contributed by atoms with van der Waals surface area (Å²) in [6.45, 7) is 4.10. The summed E-state index contributed by atoms with van der Waals surface area (Å²) in [4.78, 5) is 0. The standard InChI is InChI=1S/C17H15NO/c1-12-9-13(2)11-15(10-12)17-8-7-14-5-3-4-6-16(14)18(17)19/h3-11H,1-2H3. The normalized spacial score (nSPS) is 10.8. The molecule has 0 saturated heterocycles. The van der Waals surface area contributed by atoms with Crippen LogP contribution in [-0.4, -0.2) is 0 Å². The molecular weight excluding hydrogens is 234 g/mol. The second-order valence-electron chi connectivity index (χ2n) is 4.95. The molecule has 1 aromatic heterocycles. The number of fused-ring (bicyclic) bond motifs is 1. The molecule has 0 saturated carbocycles. The van der Waals surface area contributed by atoms with Crippen LogP contribution in [-0.2, 0) is 0 Å². The number of pyridine rings is 1. The van der Waals surface area contributed by atoms with E-state index in [1.165, 1.54) is 11.1 Å². The van der Waals surface area contributed by atoms with Gasteiger partial charge in [-0.05, 0) is 38.1 Å². The molecule has 0 aliphatic carbocycles. The molecule has 0 atom stereocenters. The highest BCUT2D eigenvalue weighted by Gasteiger charge is 2.12. The largest absolute Gasteiger partial charge is 0.618 e. The zero-order valence-corrected chi connectivity index (χ0v) is 11.1. The summed E-state index contributed by atoms with van der Waals surface area (Å²) >= 11 is 0. The van der Waals surface area contributed by atoms with E-state index in [2.05, 4.69) is 6.07 Å². The monoisotopic (exact) mass is 249 g/mol. The van der Waals surface area contributed by atoms with E-state index in [0.29, 0.717) is 11.2 Å². The van der Waals surface area contributed by atoms with Crippen molar-refractivity contribution < 1.29 is 4.73 Å². The van der Waals surface area contributed by atoms with Gasteiger partial charge in [-0.3, -0.25) is 0 Å². The van der Waals surface area contributed by atoms with Gasteiger partial charge >= 0.3 is 0 Å². The summed E-state index contributed by atoms with van der Waals surface area (Å²) in [5, 5.41) is 13.4. The predicted molar refractivity (Wildman–Crippen MR) is 77.8 cm³/mol. The van der Waals surface area contributed by atoms with Gasteiger partial charge in [0, 0.05) is 23.1 Å². The van der Waals surface area contributed by atoms with Crippen LogP contribution in [0.5, 0.6) is 0 Å². The topological polar surface area (TPSA) is 26.9 Å². The second-order valence-corrected chi connectivity index (χ2v) is 4.95. The number of benzene rings is 2. The molecule has 0 radical (unpaired) electrons. The third-order valence-corrected chi connectivity index (χ3v) is 3.31.